The molecule has 0 aliphatic rings. The zero-order chi connectivity index (χ0) is 27.8. The quantitative estimate of drug-likeness (QED) is 0.0964. The van der Waals surface area contributed by atoms with Crippen LogP contribution in [0.25, 0.3) is 0 Å². The Morgan fingerprint density at radius 3 is 1.67 bits per heavy atom. The molecular weight excluding hydrogens is 514 g/mol. The van der Waals surface area contributed by atoms with Crippen molar-refractivity contribution in [1.82, 2.24) is 10.6 Å². The van der Waals surface area contributed by atoms with Crippen LogP contribution in [0, 0.1) is 0 Å². The summed E-state index contributed by atoms with van der Waals surface area (Å²) >= 11 is 0. The van der Waals surface area contributed by atoms with Crippen LogP contribution in [-0.2, 0) is 14.4 Å². The SMILES string of the molecule is CCCCCCCCCCCCCCCCCCN[C@H](C(=O)N[C@H](CCC(N)=O)C(=O)O)c1ccccc1.Cl. The second kappa shape index (κ2) is 24.9. The van der Waals surface area contributed by atoms with Crippen molar-refractivity contribution in [2.24, 2.45) is 5.73 Å². The van der Waals surface area contributed by atoms with Crippen LogP contribution in [0.3, 0.4) is 0 Å². The summed E-state index contributed by atoms with van der Waals surface area (Å²) in [5.41, 5.74) is 5.92. The first-order chi connectivity index (χ1) is 18.5. The average Bonchev–Trinajstić information content (AvgIpc) is 2.90. The van der Waals surface area contributed by atoms with Gasteiger partial charge in [-0.3, -0.25) is 9.59 Å². The Morgan fingerprint density at radius 1 is 0.769 bits per heavy atom. The molecule has 0 aliphatic carbocycles. The number of hydrogen-bond acceptors (Lipinski definition) is 4. The first-order valence-electron chi connectivity index (χ1n) is 15.1. The summed E-state index contributed by atoms with van der Waals surface area (Å²) in [7, 11) is 0. The van der Waals surface area contributed by atoms with E-state index in [-0.39, 0.29) is 25.2 Å². The monoisotopic (exact) mass is 567 g/mol. The van der Waals surface area contributed by atoms with Gasteiger partial charge in [0.25, 0.3) is 0 Å². The maximum Gasteiger partial charge on any atom is 0.326 e. The Hall–Kier alpha value is -2.12. The standard InChI is InChI=1S/C31H53N3O4.ClH/c1-2-3-4-5-6-7-8-9-10-11-12-13-14-15-16-20-25-33-29(26-21-18-17-19-22-26)30(36)34-27(31(37)38)23-24-28(32)35;/h17-19,21-22,27,29,33H,2-16,20,23-25H2,1H3,(H2,32,35)(H,34,36)(H,37,38);1H/t27-,29+;/m1./s1. The van der Waals surface area contributed by atoms with Gasteiger partial charge in [-0.1, -0.05) is 134 Å². The van der Waals surface area contributed by atoms with E-state index >= 15 is 0 Å². The fourth-order valence-electron chi connectivity index (χ4n) is 4.73. The highest BCUT2D eigenvalue weighted by Crippen LogP contribution is 2.16. The summed E-state index contributed by atoms with van der Waals surface area (Å²) in [5, 5.41) is 15.3. The van der Waals surface area contributed by atoms with Crippen LogP contribution >= 0.6 is 12.4 Å². The van der Waals surface area contributed by atoms with Gasteiger partial charge in [0.2, 0.25) is 11.8 Å². The maximum absolute atomic E-state index is 13.0. The molecule has 0 fully saturated rings. The highest BCUT2D eigenvalue weighted by atomic mass is 35.5. The lowest BCUT2D eigenvalue weighted by Crippen LogP contribution is -2.46. The van der Waals surface area contributed by atoms with E-state index in [1.54, 1.807) is 0 Å². The number of unbranched alkanes of at least 4 members (excludes halogenated alkanes) is 15. The first-order valence-corrected chi connectivity index (χ1v) is 15.1. The van der Waals surface area contributed by atoms with Gasteiger partial charge >= 0.3 is 5.97 Å². The van der Waals surface area contributed by atoms with Crippen LogP contribution in [0.15, 0.2) is 30.3 Å². The van der Waals surface area contributed by atoms with Crippen molar-refractivity contribution in [3.05, 3.63) is 35.9 Å². The number of nitrogens with two attached hydrogens (primary N) is 1. The van der Waals surface area contributed by atoms with Gasteiger partial charge in [0.05, 0.1) is 0 Å². The average molecular weight is 568 g/mol. The zero-order valence-corrected chi connectivity index (χ0v) is 25.0. The molecular formula is C31H54ClN3O4. The fourth-order valence-corrected chi connectivity index (χ4v) is 4.73. The minimum atomic E-state index is -1.18. The van der Waals surface area contributed by atoms with E-state index in [2.05, 4.69) is 17.6 Å². The van der Waals surface area contributed by atoms with Gasteiger partial charge < -0.3 is 21.5 Å². The zero-order valence-electron chi connectivity index (χ0n) is 24.1. The summed E-state index contributed by atoms with van der Waals surface area (Å²) in [5.74, 6) is -2.18. The Labute approximate surface area is 242 Å². The van der Waals surface area contributed by atoms with Gasteiger partial charge in [0.1, 0.15) is 12.1 Å². The molecule has 39 heavy (non-hydrogen) atoms. The number of aliphatic carboxylic acids is 1. The number of primary amides is 1. The predicted molar refractivity (Wildman–Crippen MR) is 162 cm³/mol. The van der Waals surface area contributed by atoms with E-state index < -0.39 is 29.9 Å². The Kier molecular flexibility index (Phi) is 23.5. The number of carboxylic acid groups (broad SMARTS) is 1. The summed E-state index contributed by atoms with van der Waals surface area (Å²) in [6, 6.07) is 7.48. The van der Waals surface area contributed by atoms with Crippen LogP contribution in [0.5, 0.6) is 0 Å². The van der Waals surface area contributed by atoms with Crippen LogP contribution in [0.2, 0.25) is 0 Å². The van der Waals surface area contributed by atoms with Gasteiger partial charge in [-0.25, -0.2) is 4.79 Å². The van der Waals surface area contributed by atoms with Crippen LogP contribution in [0.1, 0.15) is 134 Å². The molecule has 2 atom stereocenters. The van der Waals surface area contributed by atoms with Crippen molar-refractivity contribution in [3.8, 4) is 0 Å². The lowest BCUT2D eigenvalue weighted by atomic mass is 10.0. The summed E-state index contributed by atoms with van der Waals surface area (Å²) in [6.45, 7) is 2.94. The molecule has 1 aromatic carbocycles. The molecule has 2 amide bonds. The third-order valence-corrected chi connectivity index (χ3v) is 7.07. The summed E-state index contributed by atoms with van der Waals surface area (Å²) in [4.78, 5) is 35.6. The molecule has 0 saturated carbocycles. The van der Waals surface area contributed by atoms with Crippen molar-refractivity contribution in [2.45, 2.75) is 135 Å². The number of rotatable bonds is 25. The number of carbonyl (C=O) groups is 3. The van der Waals surface area contributed by atoms with Gasteiger partial charge in [0.15, 0.2) is 0 Å². The van der Waals surface area contributed by atoms with Crippen molar-refractivity contribution in [2.75, 3.05) is 6.54 Å². The van der Waals surface area contributed by atoms with E-state index in [9.17, 15) is 19.5 Å². The minimum absolute atomic E-state index is 0. The number of carboxylic acids is 1. The van der Waals surface area contributed by atoms with E-state index in [1.165, 1.54) is 89.9 Å². The Balaban J connectivity index is 0.0000144. The molecule has 0 heterocycles. The van der Waals surface area contributed by atoms with Gasteiger partial charge in [-0.05, 0) is 24.9 Å². The lowest BCUT2D eigenvalue weighted by Gasteiger charge is -2.22. The van der Waals surface area contributed by atoms with E-state index in [4.69, 9.17) is 5.73 Å². The highest BCUT2D eigenvalue weighted by molar-refractivity contribution is 5.88. The van der Waals surface area contributed by atoms with Crippen molar-refractivity contribution in [1.29, 1.82) is 0 Å². The molecule has 1 aromatic rings. The molecule has 0 aliphatic heterocycles. The number of hydrogen-bond donors (Lipinski definition) is 4. The molecule has 0 aromatic heterocycles. The summed E-state index contributed by atoms with van der Waals surface area (Å²) < 4.78 is 0. The van der Waals surface area contributed by atoms with Crippen LogP contribution in [0.4, 0.5) is 0 Å². The van der Waals surface area contributed by atoms with E-state index in [0.29, 0.717) is 6.54 Å². The molecule has 224 valence electrons. The first kappa shape index (κ1) is 36.9. The number of halogens is 1. The third kappa shape index (κ3) is 19.6. The lowest BCUT2D eigenvalue weighted by molar-refractivity contribution is -0.142. The molecule has 0 saturated heterocycles. The summed E-state index contributed by atoms with van der Waals surface area (Å²) in [6.07, 6.45) is 20.8. The number of carbonyl (C=O) groups excluding carboxylic acids is 2. The molecule has 1 rings (SSSR count). The topological polar surface area (TPSA) is 122 Å². The molecule has 0 spiro atoms. The largest absolute Gasteiger partial charge is 0.480 e. The van der Waals surface area contributed by atoms with Crippen LogP contribution in [-0.4, -0.2) is 35.5 Å². The molecule has 8 heteroatoms. The smallest absolute Gasteiger partial charge is 0.326 e. The van der Waals surface area contributed by atoms with Gasteiger partial charge in [-0.15, -0.1) is 12.4 Å². The number of benzene rings is 1. The minimum Gasteiger partial charge on any atom is -0.480 e. The van der Waals surface area contributed by atoms with E-state index in [1.807, 2.05) is 30.3 Å². The Bertz CT molecular complexity index is 763. The van der Waals surface area contributed by atoms with Crippen molar-refractivity contribution < 1.29 is 19.5 Å². The van der Waals surface area contributed by atoms with Crippen molar-refractivity contribution in [3.63, 3.8) is 0 Å². The fraction of sp³-hybridized carbons (Fsp3) is 0.710. The van der Waals surface area contributed by atoms with E-state index in [0.717, 1.165) is 18.4 Å². The highest BCUT2D eigenvalue weighted by Gasteiger charge is 2.26. The second-order valence-electron chi connectivity index (χ2n) is 10.5. The normalized spacial score (nSPS) is 12.3. The number of amides is 2. The predicted octanol–water partition coefficient (Wildman–Crippen LogP) is 6.84. The Morgan fingerprint density at radius 2 is 1.23 bits per heavy atom. The molecule has 0 unspecified atom stereocenters. The third-order valence-electron chi connectivity index (χ3n) is 7.07. The van der Waals surface area contributed by atoms with Gasteiger partial charge in [-0.2, -0.15) is 0 Å². The molecule has 0 radical (unpaired) electrons. The van der Waals surface area contributed by atoms with Crippen LogP contribution < -0.4 is 16.4 Å². The molecule has 7 nitrogen and oxygen atoms in total. The number of nitrogens with one attached hydrogen (secondary N) is 2. The molecule has 5 N–H and O–H groups in total. The van der Waals surface area contributed by atoms with Gasteiger partial charge in [0, 0.05) is 6.42 Å². The van der Waals surface area contributed by atoms with Crippen molar-refractivity contribution >= 4 is 30.2 Å². The second-order valence-corrected chi connectivity index (χ2v) is 10.5. The molecule has 0 bridgehead atoms. The maximum atomic E-state index is 13.0.